The first-order valence-corrected chi connectivity index (χ1v) is 9.82. The molecule has 1 aliphatic rings. The lowest BCUT2D eigenvalue weighted by atomic mass is 10.2. The molecule has 0 unspecified atom stereocenters. The van der Waals surface area contributed by atoms with Crippen molar-refractivity contribution in [3.63, 3.8) is 0 Å². The van der Waals surface area contributed by atoms with E-state index in [1.54, 1.807) is 30.5 Å². The van der Waals surface area contributed by atoms with E-state index >= 15 is 0 Å². The van der Waals surface area contributed by atoms with Crippen molar-refractivity contribution in [3.05, 3.63) is 58.9 Å². The zero-order valence-corrected chi connectivity index (χ0v) is 15.1. The Labute approximate surface area is 155 Å². The summed E-state index contributed by atoms with van der Waals surface area (Å²) < 4.78 is 27.5. The average Bonchev–Trinajstić information content (AvgIpc) is 3.13. The number of aromatic nitrogens is 2. The number of H-pyrrole nitrogens is 1. The third-order valence-electron chi connectivity index (χ3n) is 4.70. The summed E-state index contributed by atoms with van der Waals surface area (Å²) in [6, 6.07) is 9.73. The Morgan fingerprint density at radius 3 is 2.44 bits per heavy atom. The number of anilines is 1. The molecule has 3 aromatic rings. The summed E-state index contributed by atoms with van der Waals surface area (Å²) in [6.07, 6.45) is 3.09. The van der Waals surface area contributed by atoms with Crippen molar-refractivity contribution >= 4 is 32.4 Å². The van der Waals surface area contributed by atoms with E-state index in [9.17, 15) is 18.5 Å². The molecule has 3 heterocycles. The highest BCUT2D eigenvalue weighted by Gasteiger charge is 2.30. The Morgan fingerprint density at radius 2 is 1.78 bits per heavy atom. The highest BCUT2D eigenvalue weighted by Crippen LogP contribution is 2.26. The predicted octanol–water partition coefficient (Wildman–Crippen LogP) is 1.98. The number of benzene rings is 1. The van der Waals surface area contributed by atoms with Gasteiger partial charge in [-0.25, -0.2) is 13.4 Å². The van der Waals surface area contributed by atoms with Crippen LogP contribution in [0.3, 0.4) is 0 Å². The molecule has 1 aromatic carbocycles. The number of piperazine rings is 1. The van der Waals surface area contributed by atoms with Gasteiger partial charge < -0.3 is 9.88 Å². The Hall–Kier alpha value is -2.98. The lowest BCUT2D eigenvalue weighted by Gasteiger charge is -2.35. The highest BCUT2D eigenvalue weighted by atomic mass is 32.2. The van der Waals surface area contributed by atoms with Crippen LogP contribution in [0.1, 0.15) is 0 Å². The summed E-state index contributed by atoms with van der Waals surface area (Å²) >= 11 is 0. The van der Waals surface area contributed by atoms with E-state index < -0.39 is 14.9 Å². The molecule has 4 rings (SSSR count). The number of hydrogen-bond donors (Lipinski definition) is 1. The second-order valence-corrected chi connectivity index (χ2v) is 8.12. The fourth-order valence-corrected chi connectivity index (χ4v) is 4.83. The first kappa shape index (κ1) is 17.4. The van der Waals surface area contributed by atoms with Crippen molar-refractivity contribution in [2.75, 3.05) is 31.1 Å². The Morgan fingerprint density at radius 1 is 1.07 bits per heavy atom. The van der Waals surface area contributed by atoms with Crippen LogP contribution in [0.25, 0.3) is 11.0 Å². The quantitative estimate of drug-likeness (QED) is 0.541. The normalized spacial score (nSPS) is 15.9. The van der Waals surface area contributed by atoms with Gasteiger partial charge in [-0.05, 0) is 24.3 Å². The molecule has 27 heavy (non-hydrogen) atoms. The zero-order chi connectivity index (χ0) is 19.0. The largest absolute Gasteiger partial charge is 0.369 e. The smallest absolute Gasteiger partial charge is 0.269 e. The van der Waals surface area contributed by atoms with Gasteiger partial charge in [-0.15, -0.1) is 0 Å². The van der Waals surface area contributed by atoms with Crippen LogP contribution in [-0.2, 0) is 10.0 Å². The summed E-state index contributed by atoms with van der Waals surface area (Å²) in [5.74, 6) is 0. The van der Waals surface area contributed by atoms with Crippen LogP contribution in [-0.4, -0.2) is 53.8 Å². The van der Waals surface area contributed by atoms with Crippen LogP contribution in [0.4, 0.5) is 11.4 Å². The molecule has 0 saturated carbocycles. The molecule has 0 amide bonds. The molecule has 9 nitrogen and oxygen atoms in total. The van der Waals surface area contributed by atoms with Crippen LogP contribution in [0.5, 0.6) is 0 Å². The number of fused-ring (bicyclic) bond motifs is 1. The molecular formula is C17H17N5O4S. The molecule has 10 heteroatoms. The van der Waals surface area contributed by atoms with E-state index in [1.807, 2.05) is 4.90 Å². The van der Waals surface area contributed by atoms with E-state index in [0.717, 1.165) is 5.69 Å². The first-order valence-electron chi connectivity index (χ1n) is 8.38. The van der Waals surface area contributed by atoms with Gasteiger partial charge in [0.25, 0.3) is 5.69 Å². The summed E-state index contributed by atoms with van der Waals surface area (Å²) in [5, 5.41) is 11.3. The molecule has 0 atom stereocenters. The molecule has 0 bridgehead atoms. The molecule has 0 aliphatic carbocycles. The fourth-order valence-electron chi connectivity index (χ4n) is 3.26. The number of non-ortho nitro benzene ring substituents is 1. The number of pyridine rings is 1. The molecule has 1 fully saturated rings. The number of rotatable bonds is 4. The van der Waals surface area contributed by atoms with E-state index in [0.29, 0.717) is 37.2 Å². The standard InChI is InChI=1S/C17H17N5O4S/c23-22(24)14-5-3-13(4-6-14)20-8-10-21(11-9-20)27(25,26)16-12-19-17-15(16)2-1-7-18-17/h1-7,12H,8-11H2,(H,18,19). The zero-order valence-electron chi connectivity index (χ0n) is 14.3. The van der Waals surface area contributed by atoms with Gasteiger partial charge in [0.2, 0.25) is 10.0 Å². The molecule has 1 N–H and O–H groups in total. The first-order chi connectivity index (χ1) is 13.0. The van der Waals surface area contributed by atoms with Gasteiger partial charge >= 0.3 is 0 Å². The Bertz CT molecular complexity index is 1090. The fraction of sp³-hybridized carbons (Fsp3) is 0.235. The third-order valence-corrected chi connectivity index (χ3v) is 6.63. The number of sulfonamides is 1. The van der Waals surface area contributed by atoms with E-state index in [-0.39, 0.29) is 10.6 Å². The predicted molar refractivity (Wildman–Crippen MR) is 100 cm³/mol. The third kappa shape index (κ3) is 3.13. The van der Waals surface area contributed by atoms with Gasteiger partial charge in [0, 0.05) is 61.8 Å². The maximum absolute atomic E-state index is 13.0. The van der Waals surface area contributed by atoms with Crippen LogP contribution in [0.15, 0.2) is 53.7 Å². The summed E-state index contributed by atoms with van der Waals surface area (Å²) in [7, 11) is -3.62. The number of nitrogens with one attached hydrogen (secondary N) is 1. The maximum Gasteiger partial charge on any atom is 0.269 e. The van der Waals surface area contributed by atoms with Crippen LogP contribution in [0, 0.1) is 10.1 Å². The summed E-state index contributed by atoms with van der Waals surface area (Å²) in [6.45, 7) is 1.70. The van der Waals surface area contributed by atoms with Gasteiger partial charge in [0.05, 0.1) is 4.92 Å². The van der Waals surface area contributed by atoms with Crippen molar-refractivity contribution in [1.82, 2.24) is 14.3 Å². The van der Waals surface area contributed by atoms with Crippen molar-refractivity contribution < 1.29 is 13.3 Å². The minimum atomic E-state index is -3.62. The maximum atomic E-state index is 13.0. The highest BCUT2D eigenvalue weighted by molar-refractivity contribution is 7.89. The van der Waals surface area contributed by atoms with Crippen LogP contribution >= 0.6 is 0 Å². The lowest BCUT2D eigenvalue weighted by Crippen LogP contribution is -2.48. The minimum absolute atomic E-state index is 0.0351. The molecule has 1 aliphatic heterocycles. The van der Waals surface area contributed by atoms with Crippen molar-refractivity contribution in [2.24, 2.45) is 0 Å². The summed E-state index contributed by atoms with van der Waals surface area (Å²) in [5.41, 5.74) is 1.42. The number of nitro groups is 1. The number of nitrogens with zero attached hydrogens (tertiary/aromatic N) is 4. The van der Waals surface area contributed by atoms with Gasteiger partial charge in [0.1, 0.15) is 10.5 Å². The molecule has 1 saturated heterocycles. The van der Waals surface area contributed by atoms with Gasteiger partial charge in [-0.3, -0.25) is 10.1 Å². The SMILES string of the molecule is O=[N+]([O-])c1ccc(N2CCN(S(=O)(=O)c3c[nH]c4ncccc34)CC2)cc1. The minimum Gasteiger partial charge on any atom is -0.369 e. The van der Waals surface area contributed by atoms with Crippen molar-refractivity contribution in [2.45, 2.75) is 4.90 Å². The molecule has 0 spiro atoms. The van der Waals surface area contributed by atoms with Crippen LogP contribution in [0.2, 0.25) is 0 Å². The topological polar surface area (TPSA) is 112 Å². The summed E-state index contributed by atoms with van der Waals surface area (Å²) in [4.78, 5) is 19.6. The van der Waals surface area contributed by atoms with Gasteiger partial charge in [-0.1, -0.05) is 0 Å². The second-order valence-electron chi connectivity index (χ2n) is 6.22. The van der Waals surface area contributed by atoms with Crippen molar-refractivity contribution in [3.8, 4) is 0 Å². The molecule has 140 valence electrons. The molecular weight excluding hydrogens is 370 g/mol. The molecule has 0 radical (unpaired) electrons. The molecule has 2 aromatic heterocycles. The number of nitro benzene ring substituents is 1. The average molecular weight is 387 g/mol. The van der Waals surface area contributed by atoms with Gasteiger partial charge in [0.15, 0.2) is 0 Å². The van der Waals surface area contributed by atoms with E-state index in [2.05, 4.69) is 9.97 Å². The van der Waals surface area contributed by atoms with Crippen molar-refractivity contribution in [1.29, 1.82) is 0 Å². The second kappa shape index (κ2) is 6.63. The monoisotopic (exact) mass is 387 g/mol. The lowest BCUT2D eigenvalue weighted by molar-refractivity contribution is -0.384. The Balaban J connectivity index is 1.51. The number of aromatic amines is 1. The van der Waals surface area contributed by atoms with E-state index in [4.69, 9.17) is 0 Å². The number of hydrogen-bond acceptors (Lipinski definition) is 6. The van der Waals surface area contributed by atoms with Crippen LogP contribution < -0.4 is 4.90 Å². The van der Waals surface area contributed by atoms with Gasteiger partial charge in [-0.2, -0.15) is 4.31 Å². The van der Waals surface area contributed by atoms with E-state index in [1.165, 1.54) is 22.6 Å². The Kier molecular flexibility index (Phi) is 4.28.